The molecule has 3 nitrogen and oxygen atoms in total. The topological polar surface area (TPSA) is 19.8 Å². The number of pyridine rings is 2. The Balaban J connectivity index is 1.27. The number of rotatable bonds is 8. The first-order valence-corrected chi connectivity index (χ1v) is 10.3. The smallest absolute Gasteiger partial charge is 0.210 e. The summed E-state index contributed by atoms with van der Waals surface area (Å²) in [5.41, 5.74) is 3.66. The third-order valence-corrected chi connectivity index (χ3v) is 5.46. The Morgan fingerprint density at radius 2 is 1.54 bits per heavy atom. The van der Waals surface area contributed by atoms with Crippen molar-refractivity contribution < 1.29 is 9.13 Å². The maximum atomic E-state index is 3.57. The lowest BCUT2D eigenvalue weighted by molar-refractivity contribution is -0.695. The van der Waals surface area contributed by atoms with Crippen molar-refractivity contribution >= 4 is 0 Å². The summed E-state index contributed by atoms with van der Waals surface area (Å²) in [5.74, 6) is 0.797. The summed E-state index contributed by atoms with van der Waals surface area (Å²) in [7, 11) is 0. The van der Waals surface area contributed by atoms with Crippen LogP contribution in [-0.2, 0) is 6.54 Å². The molecule has 142 valence electrons. The second kappa shape index (κ2) is 9.43. The zero-order chi connectivity index (χ0) is 19.0. The van der Waals surface area contributed by atoms with Gasteiger partial charge in [0.2, 0.25) is 5.69 Å². The summed E-state index contributed by atoms with van der Waals surface area (Å²) in [6, 6.07) is 19.1. The molecule has 3 aromatic rings. The van der Waals surface area contributed by atoms with Gasteiger partial charge in [0.15, 0.2) is 31.3 Å². The second-order valence-corrected chi connectivity index (χ2v) is 7.46. The molecule has 1 N–H and O–H groups in total. The number of nitrogens with one attached hydrogen (secondary N) is 1. The van der Waals surface area contributed by atoms with Gasteiger partial charge in [-0.15, -0.1) is 0 Å². The maximum absolute atomic E-state index is 3.57. The fourth-order valence-electron chi connectivity index (χ4n) is 3.75. The fourth-order valence-corrected chi connectivity index (χ4v) is 3.75. The van der Waals surface area contributed by atoms with Crippen molar-refractivity contribution in [2.45, 2.75) is 25.8 Å². The molecule has 0 saturated heterocycles. The van der Waals surface area contributed by atoms with Crippen LogP contribution in [0.15, 0.2) is 91.5 Å². The van der Waals surface area contributed by atoms with Gasteiger partial charge in [-0.2, -0.15) is 4.57 Å². The highest BCUT2D eigenvalue weighted by Crippen LogP contribution is 2.19. The molecule has 2 aromatic heterocycles. The van der Waals surface area contributed by atoms with Crippen LogP contribution < -0.4 is 14.5 Å². The Hall–Kier alpha value is -2.78. The van der Waals surface area contributed by atoms with Crippen LogP contribution in [0.25, 0.3) is 16.8 Å². The standard InChI is InChI=1S/C25H29N3/c1-2-8-25(9-3-1)28-19-13-24(14-20-28)23-11-17-27(18-12-23)21-16-26-15-10-22-6-4-5-7-22/h1-4,6,8-9,11-14,17-20,22,26H,5,7,10,15-16,21H2/q+2/t22-/m1/s1. The number of para-hydroxylation sites is 1. The van der Waals surface area contributed by atoms with Crippen LogP contribution in [0.5, 0.6) is 0 Å². The summed E-state index contributed by atoms with van der Waals surface area (Å²) in [5, 5.41) is 3.57. The summed E-state index contributed by atoms with van der Waals surface area (Å²) < 4.78 is 4.39. The van der Waals surface area contributed by atoms with Crippen LogP contribution in [0, 0.1) is 5.92 Å². The van der Waals surface area contributed by atoms with E-state index in [2.05, 4.69) is 99.9 Å². The molecule has 1 aliphatic carbocycles. The lowest BCUT2D eigenvalue weighted by atomic mass is 10.1. The molecular formula is C25H29N3+2. The first-order chi connectivity index (χ1) is 13.9. The van der Waals surface area contributed by atoms with E-state index < -0.39 is 0 Å². The Labute approximate surface area is 168 Å². The van der Waals surface area contributed by atoms with Gasteiger partial charge in [0.25, 0.3) is 0 Å². The average molecular weight is 372 g/mol. The lowest BCUT2D eigenvalue weighted by Crippen LogP contribution is -2.38. The van der Waals surface area contributed by atoms with E-state index in [4.69, 9.17) is 0 Å². The molecule has 3 heteroatoms. The molecule has 0 fully saturated rings. The molecule has 28 heavy (non-hydrogen) atoms. The van der Waals surface area contributed by atoms with Crippen LogP contribution in [0.3, 0.4) is 0 Å². The molecule has 0 radical (unpaired) electrons. The van der Waals surface area contributed by atoms with Gasteiger partial charge in [-0.25, -0.2) is 4.57 Å². The third-order valence-electron chi connectivity index (χ3n) is 5.46. The van der Waals surface area contributed by atoms with Gasteiger partial charge in [0, 0.05) is 36.4 Å². The van der Waals surface area contributed by atoms with Crippen molar-refractivity contribution in [3.8, 4) is 16.8 Å². The monoisotopic (exact) mass is 371 g/mol. The van der Waals surface area contributed by atoms with Crippen LogP contribution in [0.1, 0.15) is 19.3 Å². The molecule has 2 heterocycles. The van der Waals surface area contributed by atoms with E-state index in [-0.39, 0.29) is 0 Å². The minimum atomic E-state index is 0.797. The molecule has 1 aromatic carbocycles. The van der Waals surface area contributed by atoms with Crippen LogP contribution in [-0.4, -0.2) is 13.1 Å². The Kier molecular flexibility index (Phi) is 6.25. The van der Waals surface area contributed by atoms with Crippen LogP contribution in [0.4, 0.5) is 0 Å². The normalized spacial score (nSPS) is 15.8. The predicted molar refractivity (Wildman–Crippen MR) is 113 cm³/mol. The summed E-state index contributed by atoms with van der Waals surface area (Å²) in [4.78, 5) is 0. The van der Waals surface area contributed by atoms with Crippen LogP contribution in [0.2, 0.25) is 0 Å². The van der Waals surface area contributed by atoms with Crippen molar-refractivity contribution in [3.05, 3.63) is 91.5 Å². The maximum Gasteiger partial charge on any atom is 0.210 e. The van der Waals surface area contributed by atoms with Crippen molar-refractivity contribution in [1.29, 1.82) is 0 Å². The molecule has 0 amide bonds. The molecule has 1 atom stereocenters. The van der Waals surface area contributed by atoms with Gasteiger partial charge < -0.3 is 5.32 Å². The molecule has 0 unspecified atom stereocenters. The zero-order valence-corrected chi connectivity index (χ0v) is 16.4. The Morgan fingerprint density at radius 3 is 2.21 bits per heavy atom. The summed E-state index contributed by atoms with van der Waals surface area (Å²) in [6.45, 7) is 3.13. The molecule has 0 bridgehead atoms. The molecule has 0 aliphatic heterocycles. The SMILES string of the molecule is C1=C[C@@H](CCNCC[n+]2ccc(-c3cc[n+](-c4ccccc4)cc3)cc2)CC1. The summed E-state index contributed by atoms with van der Waals surface area (Å²) in [6.07, 6.45) is 17.1. The van der Waals surface area contributed by atoms with Gasteiger partial charge in [0.05, 0.1) is 6.54 Å². The van der Waals surface area contributed by atoms with E-state index in [1.165, 1.54) is 36.1 Å². The van der Waals surface area contributed by atoms with E-state index in [9.17, 15) is 0 Å². The number of hydrogen-bond donors (Lipinski definition) is 1. The number of nitrogens with zero attached hydrogens (tertiary/aromatic N) is 2. The molecule has 1 aliphatic rings. The quantitative estimate of drug-likeness (QED) is 0.362. The summed E-state index contributed by atoms with van der Waals surface area (Å²) >= 11 is 0. The van der Waals surface area contributed by atoms with E-state index in [0.717, 1.165) is 25.6 Å². The van der Waals surface area contributed by atoms with Gasteiger partial charge in [-0.3, -0.25) is 0 Å². The van der Waals surface area contributed by atoms with Gasteiger partial charge in [-0.05, 0) is 42.9 Å². The molecule has 0 spiro atoms. The Bertz CT molecular complexity index is 883. The second-order valence-electron chi connectivity index (χ2n) is 7.46. The lowest BCUT2D eigenvalue weighted by Gasteiger charge is -2.07. The number of benzene rings is 1. The minimum Gasteiger partial charge on any atom is -0.311 e. The van der Waals surface area contributed by atoms with Gasteiger partial charge in [0.1, 0.15) is 0 Å². The van der Waals surface area contributed by atoms with Crippen molar-refractivity contribution in [2.24, 2.45) is 5.92 Å². The van der Waals surface area contributed by atoms with Gasteiger partial charge >= 0.3 is 0 Å². The largest absolute Gasteiger partial charge is 0.311 e. The average Bonchev–Trinajstić information content (AvgIpc) is 3.28. The molecule has 4 rings (SSSR count). The Morgan fingerprint density at radius 1 is 0.821 bits per heavy atom. The van der Waals surface area contributed by atoms with Crippen LogP contribution >= 0.6 is 0 Å². The first-order valence-electron chi connectivity index (χ1n) is 10.3. The zero-order valence-electron chi connectivity index (χ0n) is 16.4. The van der Waals surface area contributed by atoms with Crippen molar-refractivity contribution in [1.82, 2.24) is 5.32 Å². The molecule has 0 saturated carbocycles. The van der Waals surface area contributed by atoms with E-state index >= 15 is 0 Å². The predicted octanol–water partition coefficient (Wildman–Crippen LogP) is 3.86. The highest BCUT2D eigenvalue weighted by atomic mass is 15.0. The fraction of sp³-hybridized carbons (Fsp3) is 0.280. The minimum absolute atomic E-state index is 0.797. The van der Waals surface area contributed by atoms with E-state index in [1.807, 2.05) is 6.07 Å². The van der Waals surface area contributed by atoms with E-state index in [1.54, 1.807) is 0 Å². The number of allylic oxidation sites excluding steroid dienone is 2. The van der Waals surface area contributed by atoms with Crippen molar-refractivity contribution in [2.75, 3.05) is 13.1 Å². The highest BCUT2D eigenvalue weighted by Gasteiger charge is 2.09. The van der Waals surface area contributed by atoms with Crippen molar-refractivity contribution in [3.63, 3.8) is 0 Å². The first kappa shape index (κ1) is 18.6. The van der Waals surface area contributed by atoms with Gasteiger partial charge in [-0.1, -0.05) is 30.4 Å². The van der Waals surface area contributed by atoms with E-state index in [0.29, 0.717) is 0 Å². The number of hydrogen-bond acceptors (Lipinski definition) is 1. The number of aromatic nitrogens is 2. The molecular weight excluding hydrogens is 342 g/mol. The highest BCUT2D eigenvalue weighted by molar-refractivity contribution is 5.61. The third kappa shape index (κ3) is 4.93.